The molecule has 1 atom stereocenters. The molecule has 0 saturated heterocycles. The van der Waals surface area contributed by atoms with E-state index in [9.17, 15) is 5.11 Å². The van der Waals surface area contributed by atoms with Gasteiger partial charge in [0.05, 0.1) is 5.02 Å². The summed E-state index contributed by atoms with van der Waals surface area (Å²) < 4.78 is 1.99. The minimum absolute atomic E-state index is 0.0643. The first-order chi connectivity index (χ1) is 10.1. The van der Waals surface area contributed by atoms with Crippen LogP contribution in [-0.4, -0.2) is 14.7 Å². The number of halogens is 1. The predicted octanol–water partition coefficient (Wildman–Crippen LogP) is 4.04. The van der Waals surface area contributed by atoms with E-state index in [-0.39, 0.29) is 11.8 Å². The first-order valence-corrected chi connectivity index (χ1v) is 7.66. The van der Waals surface area contributed by atoms with Gasteiger partial charge in [-0.25, -0.2) is 4.98 Å². The molecule has 1 aromatic carbocycles. The summed E-state index contributed by atoms with van der Waals surface area (Å²) >= 11 is 7.64. The molecule has 0 bridgehead atoms. The third kappa shape index (κ3) is 2.89. The number of benzene rings is 1. The van der Waals surface area contributed by atoms with Crippen LogP contribution in [0.2, 0.25) is 5.02 Å². The van der Waals surface area contributed by atoms with E-state index in [1.807, 2.05) is 29.3 Å². The molecule has 2 N–H and O–H groups in total. The SMILES string of the molecule is Cn1ccnc1C(Nc1ccc(O)c(Cl)c1)c1cccs1. The summed E-state index contributed by atoms with van der Waals surface area (Å²) in [5, 5.41) is 15.3. The lowest BCUT2D eigenvalue weighted by Crippen LogP contribution is -2.15. The van der Waals surface area contributed by atoms with Crippen LogP contribution in [0, 0.1) is 0 Å². The summed E-state index contributed by atoms with van der Waals surface area (Å²) in [4.78, 5) is 5.59. The summed E-state index contributed by atoms with van der Waals surface area (Å²) in [7, 11) is 1.97. The molecule has 0 fully saturated rings. The zero-order chi connectivity index (χ0) is 14.8. The average molecular weight is 320 g/mol. The lowest BCUT2D eigenvalue weighted by molar-refractivity contribution is 0.475. The van der Waals surface area contributed by atoms with Crippen LogP contribution in [0.3, 0.4) is 0 Å². The van der Waals surface area contributed by atoms with Gasteiger partial charge in [0.15, 0.2) is 0 Å². The second-order valence-corrected chi connectivity index (χ2v) is 6.04. The lowest BCUT2D eigenvalue weighted by Gasteiger charge is -2.19. The van der Waals surface area contributed by atoms with Crippen molar-refractivity contribution in [1.29, 1.82) is 0 Å². The van der Waals surface area contributed by atoms with Gasteiger partial charge in [0, 0.05) is 30.0 Å². The van der Waals surface area contributed by atoms with Gasteiger partial charge in [-0.2, -0.15) is 0 Å². The van der Waals surface area contributed by atoms with E-state index in [2.05, 4.69) is 16.4 Å². The number of thiophene rings is 1. The standard InChI is InChI=1S/C15H14ClN3OS/c1-19-7-6-17-15(19)14(13-3-2-8-21-13)18-10-4-5-12(20)11(16)9-10/h2-9,14,18,20H,1H3. The number of hydrogen-bond donors (Lipinski definition) is 2. The maximum atomic E-state index is 9.52. The molecule has 0 radical (unpaired) electrons. The third-order valence-electron chi connectivity index (χ3n) is 3.20. The number of aromatic hydroxyl groups is 1. The molecule has 0 spiro atoms. The Balaban J connectivity index is 1.97. The molecular formula is C15H14ClN3OS. The Hall–Kier alpha value is -1.98. The molecule has 3 aromatic rings. The number of anilines is 1. The second-order valence-electron chi connectivity index (χ2n) is 4.66. The van der Waals surface area contributed by atoms with Crippen molar-refractivity contribution in [3.63, 3.8) is 0 Å². The fourth-order valence-corrected chi connectivity index (χ4v) is 3.09. The van der Waals surface area contributed by atoms with Crippen molar-refractivity contribution in [3.05, 3.63) is 63.8 Å². The summed E-state index contributed by atoms with van der Waals surface area (Å²) in [5.41, 5.74) is 0.833. The van der Waals surface area contributed by atoms with E-state index in [0.29, 0.717) is 5.02 Å². The fourth-order valence-electron chi connectivity index (χ4n) is 2.14. The van der Waals surface area contributed by atoms with Crippen LogP contribution >= 0.6 is 22.9 Å². The van der Waals surface area contributed by atoms with Gasteiger partial charge in [0.2, 0.25) is 0 Å². The zero-order valence-electron chi connectivity index (χ0n) is 11.3. The van der Waals surface area contributed by atoms with Gasteiger partial charge in [0.25, 0.3) is 0 Å². The summed E-state index contributed by atoms with van der Waals surface area (Å²) in [5.74, 6) is 0.994. The van der Waals surface area contributed by atoms with E-state index in [1.165, 1.54) is 0 Å². The van der Waals surface area contributed by atoms with Crippen LogP contribution in [-0.2, 0) is 7.05 Å². The number of nitrogens with one attached hydrogen (secondary N) is 1. The maximum Gasteiger partial charge on any atom is 0.136 e. The topological polar surface area (TPSA) is 50.1 Å². The van der Waals surface area contributed by atoms with Gasteiger partial charge in [-0.05, 0) is 29.6 Å². The van der Waals surface area contributed by atoms with E-state index in [4.69, 9.17) is 11.6 Å². The first kappa shape index (κ1) is 14.0. The first-order valence-electron chi connectivity index (χ1n) is 6.41. The molecule has 0 amide bonds. The fraction of sp³-hybridized carbons (Fsp3) is 0.133. The van der Waals surface area contributed by atoms with Gasteiger partial charge in [-0.15, -0.1) is 11.3 Å². The molecule has 6 heteroatoms. The Morgan fingerprint density at radius 2 is 2.24 bits per heavy atom. The van der Waals surface area contributed by atoms with Gasteiger partial charge < -0.3 is 15.0 Å². The normalized spacial score (nSPS) is 12.3. The molecule has 21 heavy (non-hydrogen) atoms. The van der Waals surface area contributed by atoms with E-state index >= 15 is 0 Å². The Labute approximate surface area is 131 Å². The van der Waals surface area contributed by atoms with Gasteiger partial charge in [-0.3, -0.25) is 0 Å². The van der Waals surface area contributed by atoms with Crippen molar-refractivity contribution < 1.29 is 5.11 Å². The number of aromatic nitrogens is 2. The van der Waals surface area contributed by atoms with Crippen LogP contribution < -0.4 is 5.32 Å². The molecule has 1 unspecified atom stereocenters. The molecule has 0 aliphatic carbocycles. The molecule has 2 heterocycles. The van der Waals surface area contributed by atoms with Crippen molar-refractivity contribution >= 4 is 28.6 Å². The summed E-state index contributed by atoms with van der Waals surface area (Å²) in [6, 6.07) is 9.10. The Morgan fingerprint density at radius 3 is 2.86 bits per heavy atom. The molecule has 0 aliphatic heterocycles. The van der Waals surface area contributed by atoms with Crippen molar-refractivity contribution in [2.24, 2.45) is 7.05 Å². The van der Waals surface area contributed by atoms with Crippen molar-refractivity contribution in [1.82, 2.24) is 9.55 Å². The number of hydrogen-bond acceptors (Lipinski definition) is 4. The van der Waals surface area contributed by atoms with Crippen molar-refractivity contribution in [3.8, 4) is 5.75 Å². The highest BCUT2D eigenvalue weighted by atomic mass is 35.5. The minimum atomic E-state index is -0.0643. The van der Waals surface area contributed by atoms with Crippen LogP contribution in [0.25, 0.3) is 0 Å². The van der Waals surface area contributed by atoms with Gasteiger partial charge in [-0.1, -0.05) is 17.7 Å². The molecule has 2 aromatic heterocycles. The number of aryl methyl sites for hydroxylation is 1. The summed E-state index contributed by atoms with van der Waals surface area (Å²) in [6.45, 7) is 0. The Kier molecular flexibility index (Phi) is 3.86. The number of phenolic OH excluding ortho intramolecular Hbond substituents is 1. The van der Waals surface area contributed by atoms with Crippen LogP contribution in [0.1, 0.15) is 16.7 Å². The predicted molar refractivity (Wildman–Crippen MR) is 86.1 cm³/mol. The van der Waals surface area contributed by atoms with E-state index in [1.54, 1.807) is 35.7 Å². The smallest absolute Gasteiger partial charge is 0.136 e. The van der Waals surface area contributed by atoms with E-state index in [0.717, 1.165) is 16.4 Å². The highest BCUT2D eigenvalue weighted by molar-refractivity contribution is 7.10. The zero-order valence-corrected chi connectivity index (χ0v) is 12.9. The highest BCUT2D eigenvalue weighted by Crippen LogP contribution is 2.32. The summed E-state index contributed by atoms with van der Waals surface area (Å²) in [6.07, 6.45) is 3.70. The van der Waals surface area contributed by atoms with Gasteiger partial charge in [0.1, 0.15) is 17.6 Å². The number of phenols is 1. The average Bonchev–Trinajstić information content (AvgIpc) is 3.12. The monoisotopic (exact) mass is 319 g/mol. The van der Waals surface area contributed by atoms with E-state index < -0.39 is 0 Å². The highest BCUT2D eigenvalue weighted by Gasteiger charge is 2.19. The van der Waals surface area contributed by atoms with Gasteiger partial charge >= 0.3 is 0 Å². The Bertz CT molecular complexity index is 739. The maximum absolute atomic E-state index is 9.52. The molecule has 0 saturated carbocycles. The molecule has 0 aliphatic rings. The number of imidazole rings is 1. The molecular weight excluding hydrogens is 306 g/mol. The Morgan fingerprint density at radius 1 is 1.38 bits per heavy atom. The number of nitrogens with zero attached hydrogens (tertiary/aromatic N) is 2. The van der Waals surface area contributed by atoms with Crippen LogP contribution in [0.4, 0.5) is 5.69 Å². The number of rotatable bonds is 4. The quantitative estimate of drug-likeness (QED) is 0.713. The molecule has 4 nitrogen and oxygen atoms in total. The third-order valence-corrected chi connectivity index (χ3v) is 4.44. The largest absolute Gasteiger partial charge is 0.506 e. The molecule has 3 rings (SSSR count). The van der Waals surface area contributed by atoms with Crippen LogP contribution in [0.15, 0.2) is 48.1 Å². The lowest BCUT2D eigenvalue weighted by atomic mass is 10.2. The van der Waals surface area contributed by atoms with Crippen LogP contribution in [0.5, 0.6) is 5.75 Å². The molecule has 108 valence electrons. The second kappa shape index (κ2) is 5.79. The van der Waals surface area contributed by atoms with Crippen molar-refractivity contribution in [2.45, 2.75) is 6.04 Å². The van der Waals surface area contributed by atoms with Crippen molar-refractivity contribution in [2.75, 3.05) is 5.32 Å². The minimum Gasteiger partial charge on any atom is -0.506 e.